The Hall–Kier alpha value is -0.870. The third kappa shape index (κ3) is 2.83. The lowest BCUT2D eigenvalue weighted by Gasteiger charge is -2.22. The summed E-state index contributed by atoms with van der Waals surface area (Å²) in [6.07, 6.45) is 1.79. The van der Waals surface area contributed by atoms with E-state index in [1.54, 1.807) is 0 Å². The van der Waals surface area contributed by atoms with Gasteiger partial charge in [-0.15, -0.1) is 0 Å². The van der Waals surface area contributed by atoms with Gasteiger partial charge in [0.05, 0.1) is 5.25 Å². The van der Waals surface area contributed by atoms with Gasteiger partial charge in [-0.3, -0.25) is 0 Å². The van der Waals surface area contributed by atoms with E-state index in [2.05, 4.69) is 0 Å². The molecule has 3 nitrogen and oxygen atoms in total. The average Bonchev–Trinajstić information content (AvgIpc) is 2.17. The highest BCUT2D eigenvalue weighted by molar-refractivity contribution is 7.91. The van der Waals surface area contributed by atoms with E-state index in [0.717, 1.165) is 11.1 Å². The lowest BCUT2D eigenvalue weighted by Crippen LogP contribution is -2.33. The summed E-state index contributed by atoms with van der Waals surface area (Å²) in [5.41, 5.74) is 8.01. The first-order valence-corrected chi connectivity index (χ1v) is 7.33. The molecule has 1 aromatic carbocycles. The molecule has 0 spiro atoms. The predicted octanol–water partition coefficient (Wildman–Crippen LogP) is 1.82. The maximum atomic E-state index is 11.6. The molecule has 0 bridgehead atoms. The molecule has 1 rings (SSSR count). The molecule has 0 unspecified atom stereocenters. The molecule has 0 saturated carbocycles. The molecule has 0 radical (unpaired) electrons. The molecule has 2 N–H and O–H groups in total. The molecule has 2 atom stereocenters. The zero-order valence-electron chi connectivity index (χ0n) is 9.97. The monoisotopic (exact) mass is 241 g/mol. The van der Waals surface area contributed by atoms with Gasteiger partial charge < -0.3 is 5.73 Å². The minimum absolute atomic E-state index is 0.443. The summed E-state index contributed by atoms with van der Waals surface area (Å²) in [7, 11) is -3.10. The first kappa shape index (κ1) is 13.2. The highest BCUT2D eigenvalue weighted by Crippen LogP contribution is 2.24. The first-order valence-electron chi connectivity index (χ1n) is 5.38. The Balaban J connectivity index is 3.10. The molecule has 0 aliphatic carbocycles. The van der Waals surface area contributed by atoms with Crippen molar-refractivity contribution in [2.45, 2.75) is 31.6 Å². The Morgan fingerprint density at radius 3 is 2.31 bits per heavy atom. The van der Waals surface area contributed by atoms with Gasteiger partial charge in [-0.05, 0) is 24.5 Å². The highest BCUT2D eigenvalue weighted by atomic mass is 32.2. The quantitative estimate of drug-likeness (QED) is 0.874. The molecule has 0 fully saturated rings. The fraction of sp³-hybridized carbons (Fsp3) is 0.500. The van der Waals surface area contributed by atoms with Crippen molar-refractivity contribution in [3.63, 3.8) is 0 Å². The van der Waals surface area contributed by atoms with Gasteiger partial charge in [-0.25, -0.2) is 8.42 Å². The Bertz CT molecular complexity index is 454. The molecule has 0 aromatic heterocycles. The standard InChI is InChI=1S/C12H19NO2S/c1-4-11(16(3,14)15)12(13)10-8-6-5-7-9(10)2/h5-8,11-12H,4,13H2,1-3H3/t11-,12-/m0/s1. The van der Waals surface area contributed by atoms with E-state index < -0.39 is 21.1 Å². The topological polar surface area (TPSA) is 60.2 Å². The van der Waals surface area contributed by atoms with Crippen LogP contribution in [0.15, 0.2) is 24.3 Å². The number of hydrogen-bond acceptors (Lipinski definition) is 3. The summed E-state index contributed by atoms with van der Waals surface area (Å²) < 4.78 is 23.2. The van der Waals surface area contributed by atoms with Crippen molar-refractivity contribution in [1.29, 1.82) is 0 Å². The second kappa shape index (κ2) is 4.97. The van der Waals surface area contributed by atoms with Crippen molar-refractivity contribution >= 4 is 9.84 Å². The van der Waals surface area contributed by atoms with Crippen LogP contribution in [0, 0.1) is 6.92 Å². The summed E-state index contributed by atoms with van der Waals surface area (Å²) in [5.74, 6) is 0. The highest BCUT2D eigenvalue weighted by Gasteiger charge is 2.27. The van der Waals surface area contributed by atoms with E-state index in [9.17, 15) is 8.42 Å². The number of nitrogens with two attached hydrogens (primary N) is 1. The van der Waals surface area contributed by atoms with Crippen molar-refractivity contribution in [1.82, 2.24) is 0 Å². The van der Waals surface area contributed by atoms with E-state index in [4.69, 9.17) is 5.73 Å². The maximum Gasteiger partial charge on any atom is 0.152 e. The molecule has 0 saturated heterocycles. The summed E-state index contributed by atoms with van der Waals surface area (Å²) in [6.45, 7) is 3.80. The Labute approximate surface area is 97.6 Å². The van der Waals surface area contributed by atoms with E-state index in [1.165, 1.54) is 6.26 Å². The fourth-order valence-corrected chi connectivity index (χ4v) is 3.27. The van der Waals surface area contributed by atoms with Crippen molar-refractivity contribution < 1.29 is 8.42 Å². The van der Waals surface area contributed by atoms with Gasteiger partial charge in [-0.1, -0.05) is 31.2 Å². The smallest absolute Gasteiger partial charge is 0.152 e. The van der Waals surface area contributed by atoms with Gasteiger partial charge in [0.2, 0.25) is 0 Å². The molecule has 4 heteroatoms. The van der Waals surface area contributed by atoms with Crippen LogP contribution in [-0.2, 0) is 9.84 Å². The third-order valence-corrected chi connectivity index (χ3v) is 4.63. The molecule has 1 aromatic rings. The van der Waals surface area contributed by atoms with Crippen LogP contribution in [0.3, 0.4) is 0 Å². The van der Waals surface area contributed by atoms with Crippen LogP contribution in [0.1, 0.15) is 30.5 Å². The second-order valence-electron chi connectivity index (χ2n) is 4.16. The SMILES string of the molecule is CC[C@@H]([C@@H](N)c1ccccc1C)S(C)(=O)=O. The molecule has 90 valence electrons. The number of aryl methyl sites for hydroxylation is 1. The van der Waals surface area contributed by atoms with E-state index >= 15 is 0 Å². The lowest BCUT2D eigenvalue weighted by atomic mass is 9.98. The largest absolute Gasteiger partial charge is 0.323 e. The third-order valence-electron chi connectivity index (χ3n) is 2.90. The van der Waals surface area contributed by atoms with Gasteiger partial charge in [-0.2, -0.15) is 0 Å². The summed E-state index contributed by atoms with van der Waals surface area (Å²) >= 11 is 0. The zero-order chi connectivity index (χ0) is 12.3. The van der Waals surface area contributed by atoms with Gasteiger partial charge in [0.1, 0.15) is 0 Å². The summed E-state index contributed by atoms with van der Waals surface area (Å²) in [6, 6.07) is 7.21. The fourth-order valence-electron chi connectivity index (χ4n) is 1.98. The van der Waals surface area contributed by atoms with Crippen LogP contribution >= 0.6 is 0 Å². The minimum atomic E-state index is -3.10. The van der Waals surface area contributed by atoms with Crippen LogP contribution in [-0.4, -0.2) is 19.9 Å². The molecule has 0 amide bonds. The molecule has 0 aliphatic rings. The lowest BCUT2D eigenvalue weighted by molar-refractivity contribution is 0.552. The molecule has 16 heavy (non-hydrogen) atoms. The van der Waals surface area contributed by atoms with E-state index in [-0.39, 0.29) is 0 Å². The van der Waals surface area contributed by atoms with Gasteiger partial charge in [0.25, 0.3) is 0 Å². The number of sulfone groups is 1. The van der Waals surface area contributed by atoms with Crippen LogP contribution in [0.2, 0.25) is 0 Å². The second-order valence-corrected chi connectivity index (χ2v) is 6.42. The first-order chi connectivity index (χ1) is 7.38. The van der Waals surface area contributed by atoms with Crippen LogP contribution in [0.4, 0.5) is 0 Å². The van der Waals surface area contributed by atoms with Crippen LogP contribution in [0.5, 0.6) is 0 Å². The summed E-state index contributed by atoms with van der Waals surface area (Å²) in [4.78, 5) is 0. The normalized spacial score (nSPS) is 15.8. The van der Waals surface area contributed by atoms with Crippen molar-refractivity contribution in [3.05, 3.63) is 35.4 Å². The molecular formula is C12H19NO2S. The zero-order valence-corrected chi connectivity index (χ0v) is 10.8. The van der Waals surface area contributed by atoms with E-state index in [1.807, 2.05) is 38.1 Å². The number of hydrogen-bond donors (Lipinski definition) is 1. The average molecular weight is 241 g/mol. The predicted molar refractivity (Wildman–Crippen MR) is 67.0 cm³/mol. The molecular weight excluding hydrogens is 222 g/mol. The van der Waals surface area contributed by atoms with Gasteiger partial charge in [0.15, 0.2) is 9.84 Å². The summed E-state index contributed by atoms with van der Waals surface area (Å²) in [5, 5.41) is -0.506. The van der Waals surface area contributed by atoms with Crippen LogP contribution < -0.4 is 5.73 Å². The van der Waals surface area contributed by atoms with Crippen molar-refractivity contribution in [3.8, 4) is 0 Å². The Morgan fingerprint density at radius 1 is 1.31 bits per heavy atom. The Morgan fingerprint density at radius 2 is 1.88 bits per heavy atom. The number of rotatable bonds is 4. The minimum Gasteiger partial charge on any atom is -0.323 e. The molecule has 0 aliphatic heterocycles. The van der Waals surface area contributed by atoms with Crippen molar-refractivity contribution in [2.75, 3.05) is 6.26 Å². The van der Waals surface area contributed by atoms with Crippen molar-refractivity contribution in [2.24, 2.45) is 5.73 Å². The number of benzene rings is 1. The van der Waals surface area contributed by atoms with Gasteiger partial charge >= 0.3 is 0 Å². The molecule has 0 heterocycles. The Kier molecular flexibility index (Phi) is 4.10. The van der Waals surface area contributed by atoms with Gasteiger partial charge in [0, 0.05) is 12.3 Å². The van der Waals surface area contributed by atoms with E-state index in [0.29, 0.717) is 6.42 Å². The van der Waals surface area contributed by atoms with Crippen LogP contribution in [0.25, 0.3) is 0 Å². The maximum absolute atomic E-state index is 11.6.